The average molecular weight is 317 g/mol. The summed E-state index contributed by atoms with van der Waals surface area (Å²) in [5.41, 5.74) is -0.227. The SMILES string of the molecule is CC(O)(c1ccc(Cl)cc1)C1CCCC(S(C)(=O)=O)C1. The normalized spacial score (nSPS) is 27.0. The summed E-state index contributed by atoms with van der Waals surface area (Å²) in [6, 6.07) is 7.13. The van der Waals surface area contributed by atoms with E-state index in [9.17, 15) is 13.5 Å². The van der Waals surface area contributed by atoms with Crippen LogP contribution in [0.3, 0.4) is 0 Å². The van der Waals surface area contributed by atoms with Gasteiger partial charge in [-0.05, 0) is 49.8 Å². The second-order valence-electron chi connectivity index (χ2n) is 5.97. The number of halogens is 1. The van der Waals surface area contributed by atoms with Crippen LogP contribution < -0.4 is 0 Å². The fourth-order valence-corrected chi connectivity index (χ4v) is 4.37. The lowest BCUT2D eigenvalue weighted by atomic mass is 9.74. The van der Waals surface area contributed by atoms with E-state index in [1.807, 2.05) is 12.1 Å². The monoisotopic (exact) mass is 316 g/mol. The van der Waals surface area contributed by atoms with Gasteiger partial charge in [0.15, 0.2) is 0 Å². The molecule has 0 radical (unpaired) electrons. The highest BCUT2D eigenvalue weighted by Gasteiger charge is 2.39. The van der Waals surface area contributed by atoms with Crippen molar-refractivity contribution < 1.29 is 13.5 Å². The molecular formula is C15H21ClO3S. The molecule has 0 saturated heterocycles. The largest absolute Gasteiger partial charge is 0.385 e. The summed E-state index contributed by atoms with van der Waals surface area (Å²) in [6.07, 6.45) is 4.20. The molecule has 20 heavy (non-hydrogen) atoms. The summed E-state index contributed by atoms with van der Waals surface area (Å²) in [5, 5.41) is 11.1. The van der Waals surface area contributed by atoms with Crippen molar-refractivity contribution in [3.8, 4) is 0 Å². The fourth-order valence-electron chi connectivity index (χ4n) is 3.07. The van der Waals surface area contributed by atoms with Crippen molar-refractivity contribution in [2.75, 3.05) is 6.26 Å². The molecule has 1 aliphatic rings. The predicted octanol–water partition coefficient (Wildman–Crippen LogP) is 3.15. The molecular weight excluding hydrogens is 296 g/mol. The van der Waals surface area contributed by atoms with E-state index in [1.54, 1.807) is 19.1 Å². The van der Waals surface area contributed by atoms with Crippen LogP contribution in [0.25, 0.3) is 0 Å². The zero-order valence-electron chi connectivity index (χ0n) is 11.8. The maximum atomic E-state index is 11.7. The first-order chi connectivity index (χ1) is 9.21. The highest BCUT2D eigenvalue weighted by Crippen LogP contribution is 2.40. The third-order valence-corrected chi connectivity index (χ3v) is 6.35. The van der Waals surface area contributed by atoms with E-state index >= 15 is 0 Å². The lowest BCUT2D eigenvalue weighted by Gasteiger charge is -2.38. The molecule has 0 aromatic heterocycles. The number of aliphatic hydroxyl groups is 1. The van der Waals surface area contributed by atoms with Crippen LogP contribution >= 0.6 is 11.6 Å². The Morgan fingerprint density at radius 1 is 1.25 bits per heavy atom. The zero-order valence-corrected chi connectivity index (χ0v) is 13.4. The van der Waals surface area contributed by atoms with Gasteiger partial charge in [-0.25, -0.2) is 8.42 Å². The highest BCUT2D eigenvalue weighted by molar-refractivity contribution is 7.91. The lowest BCUT2D eigenvalue weighted by Crippen LogP contribution is -2.38. The van der Waals surface area contributed by atoms with E-state index in [2.05, 4.69) is 0 Å². The van der Waals surface area contributed by atoms with Crippen LogP contribution in [0.5, 0.6) is 0 Å². The molecule has 1 aromatic carbocycles. The summed E-state index contributed by atoms with van der Waals surface area (Å²) in [6.45, 7) is 1.77. The van der Waals surface area contributed by atoms with Gasteiger partial charge in [-0.1, -0.05) is 30.2 Å². The van der Waals surface area contributed by atoms with Crippen molar-refractivity contribution in [1.82, 2.24) is 0 Å². The van der Waals surface area contributed by atoms with Crippen molar-refractivity contribution in [3.63, 3.8) is 0 Å². The first-order valence-electron chi connectivity index (χ1n) is 6.88. The molecule has 5 heteroatoms. The second kappa shape index (κ2) is 5.66. The van der Waals surface area contributed by atoms with Crippen LogP contribution in [-0.4, -0.2) is 25.0 Å². The van der Waals surface area contributed by atoms with Crippen molar-refractivity contribution in [3.05, 3.63) is 34.9 Å². The first kappa shape index (κ1) is 15.8. The third kappa shape index (κ3) is 3.35. The Bertz CT molecular complexity index is 563. The molecule has 2 rings (SSSR count). The summed E-state index contributed by atoms with van der Waals surface area (Å²) in [7, 11) is -3.04. The number of benzene rings is 1. The quantitative estimate of drug-likeness (QED) is 0.932. The Morgan fingerprint density at radius 2 is 1.85 bits per heavy atom. The van der Waals surface area contributed by atoms with Gasteiger partial charge < -0.3 is 5.11 Å². The van der Waals surface area contributed by atoms with Gasteiger partial charge in [-0.15, -0.1) is 0 Å². The molecule has 0 amide bonds. The molecule has 1 fully saturated rings. The Kier molecular flexibility index (Phi) is 4.47. The minimum atomic E-state index is -3.04. The van der Waals surface area contributed by atoms with Gasteiger partial charge in [-0.2, -0.15) is 0 Å². The Morgan fingerprint density at radius 3 is 2.40 bits per heavy atom. The third-order valence-electron chi connectivity index (χ3n) is 4.46. The first-order valence-corrected chi connectivity index (χ1v) is 9.22. The molecule has 3 unspecified atom stereocenters. The Labute approximate surface area is 125 Å². The summed E-state index contributed by atoms with van der Waals surface area (Å²) in [4.78, 5) is 0. The molecule has 112 valence electrons. The van der Waals surface area contributed by atoms with Crippen LogP contribution in [0.15, 0.2) is 24.3 Å². The van der Waals surface area contributed by atoms with Gasteiger partial charge in [0.1, 0.15) is 9.84 Å². The molecule has 0 spiro atoms. The van der Waals surface area contributed by atoms with Crippen LogP contribution in [-0.2, 0) is 15.4 Å². The van der Waals surface area contributed by atoms with Crippen LogP contribution in [0.1, 0.15) is 38.2 Å². The van der Waals surface area contributed by atoms with E-state index in [1.165, 1.54) is 6.26 Å². The standard InChI is InChI=1S/C15H21ClO3S/c1-15(17,11-6-8-13(16)9-7-11)12-4-3-5-14(10-12)20(2,18)19/h6-9,12,14,17H,3-5,10H2,1-2H3. The molecule has 0 aliphatic heterocycles. The van der Waals surface area contributed by atoms with E-state index < -0.39 is 15.4 Å². The molecule has 3 nitrogen and oxygen atoms in total. The smallest absolute Gasteiger partial charge is 0.150 e. The van der Waals surface area contributed by atoms with Crippen LogP contribution in [0.4, 0.5) is 0 Å². The van der Waals surface area contributed by atoms with Gasteiger partial charge in [-0.3, -0.25) is 0 Å². The van der Waals surface area contributed by atoms with E-state index in [-0.39, 0.29) is 11.2 Å². The van der Waals surface area contributed by atoms with Crippen molar-refractivity contribution in [2.24, 2.45) is 5.92 Å². The van der Waals surface area contributed by atoms with E-state index in [0.29, 0.717) is 17.9 Å². The van der Waals surface area contributed by atoms with Crippen molar-refractivity contribution in [1.29, 1.82) is 0 Å². The minimum Gasteiger partial charge on any atom is -0.385 e. The summed E-state index contributed by atoms with van der Waals surface area (Å²) >= 11 is 5.87. The van der Waals surface area contributed by atoms with Gasteiger partial charge in [0, 0.05) is 11.3 Å². The predicted molar refractivity (Wildman–Crippen MR) is 81.6 cm³/mol. The molecule has 1 aromatic rings. The molecule has 1 saturated carbocycles. The van der Waals surface area contributed by atoms with Crippen molar-refractivity contribution >= 4 is 21.4 Å². The Balaban J connectivity index is 2.23. The van der Waals surface area contributed by atoms with Crippen LogP contribution in [0, 0.1) is 5.92 Å². The number of rotatable bonds is 3. The van der Waals surface area contributed by atoms with Crippen LogP contribution in [0.2, 0.25) is 5.02 Å². The molecule has 1 aliphatic carbocycles. The fraction of sp³-hybridized carbons (Fsp3) is 0.600. The number of hydrogen-bond donors (Lipinski definition) is 1. The topological polar surface area (TPSA) is 54.4 Å². The maximum Gasteiger partial charge on any atom is 0.150 e. The number of hydrogen-bond acceptors (Lipinski definition) is 3. The highest BCUT2D eigenvalue weighted by atomic mass is 35.5. The Hall–Kier alpha value is -0.580. The summed E-state index contributed by atoms with van der Waals surface area (Å²) in [5.74, 6) is -0.0443. The molecule has 3 atom stereocenters. The molecule has 1 N–H and O–H groups in total. The van der Waals surface area contributed by atoms with Gasteiger partial charge >= 0.3 is 0 Å². The molecule has 0 heterocycles. The minimum absolute atomic E-state index is 0.0443. The maximum absolute atomic E-state index is 11.7. The molecule has 0 bridgehead atoms. The summed E-state index contributed by atoms with van der Waals surface area (Å²) < 4.78 is 23.5. The zero-order chi connectivity index (χ0) is 15.0. The van der Waals surface area contributed by atoms with Crippen molar-refractivity contribution in [2.45, 2.75) is 43.5 Å². The van der Waals surface area contributed by atoms with Gasteiger partial charge in [0.05, 0.1) is 10.9 Å². The van der Waals surface area contributed by atoms with E-state index in [4.69, 9.17) is 11.6 Å². The van der Waals surface area contributed by atoms with Gasteiger partial charge in [0.25, 0.3) is 0 Å². The second-order valence-corrected chi connectivity index (χ2v) is 8.73. The van der Waals surface area contributed by atoms with E-state index in [0.717, 1.165) is 18.4 Å². The lowest BCUT2D eigenvalue weighted by molar-refractivity contribution is -0.0208. The van der Waals surface area contributed by atoms with Gasteiger partial charge in [0.2, 0.25) is 0 Å². The number of sulfone groups is 1. The average Bonchev–Trinajstić information content (AvgIpc) is 2.38.